The lowest BCUT2D eigenvalue weighted by Crippen LogP contribution is -2.75. The Kier molecular flexibility index (Phi) is 4.75. The molecule has 1 N–H and O–H groups in total. The minimum Gasteiger partial charge on any atom is -0.364 e. The van der Waals surface area contributed by atoms with Crippen molar-refractivity contribution in [2.45, 2.75) is 18.6 Å². The first kappa shape index (κ1) is 21.4. The Morgan fingerprint density at radius 3 is 2.55 bits per heavy atom. The largest absolute Gasteiger partial charge is 0.416 e. The standard InChI is InChI=1S/C23H21F3N4O3/c1-28-9-10-29-17-8-3-2-5-14(17)12-22(18(29)13-28)19(31)27-21(33)30(20(22)32)16-7-4-6-15(11-16)23(24,25)26/h2-8,11,18H,9-10,12-13H2,1H3,(H,27,31,33)/t18-,22+/m0/s1. The van der Waals surface area contributed by atoms with Gasteiger partial charge in [-0.1, -0.05) is 24.3 Å². The van der Waals surface area contributed by atoms with Crippen molar-refractivity contribution in [1.82, 2.24) is 10.2 Å². The lowest BCUT2D eigenvalue weighted by molar-refractivity contribution is -0.145. The zero-order chi connectivity index (χ0) is 23.5. The van der Waals surface area contributed by atoms with E-state index in [0.29, 0.717) is 24.5 Å². The van der Waals surface area contributed by atoms with E-state index in [4.69, 9.17) is 0 Å². The minimum atomic E-state index is -4.65. The Bertz CT molecular complexity index is 1170. The van der Waals surface area contributed by atoms with Crippen molar-refractivity contribution >= 4 is 29.2 Å². The number of urea groups is 1. The number of nitrogens with zero attached hydrogens (tertiary/aromatic N) is 3. The number of rotatable bonds is 1. The molecule has 3 heterocycles. The summed E-state index contributed by atoms with van der Waals surface area (Å²) >= 11 is 0. The van der Waals surface area contributed by atoms with Gasteiger partial charge in [-0.25, -0.2) is 9.69 Å². The summed E-state index contributed by atoms with van der Waals surface area (Å²) < 4.78 is 39.9. The second-order valence-electron chi connectivity index (χ2n) is 8.70. The van der Waals surface area contributed by atoms with Crippen LogP contribution < -0.4 is 15.1 Å². The first-order chi connectivity index (χ1) is 15.6. The second kappa shape index (κ2) is 7.31. The highest BCUT2D eigenvalue weighted by atomic mass is 19.4. The zero-order valence-corrected chi connectivity index (χ0v) is 17.7. The Morgan fingerprint density at radius 1 is 1.03 bits per heavy atom. The number of likely N-dealkylation sites (N-methyl/N-ethyl adjacent to an activating group) is 1. The molecule has 10 heteroatoms. The number of hydrogen-bond donors (Lipinski definition) is 1. The quantitative estimate of drug-likeness (QED) is 0.666. The van der Waals surface area contributed by atoms with Gasteiger partial charge >= 0.3 is 12.2 Å². The van der Waals surface area contributed by atoms with Gasteiger partial charge in [-0.2, -0.15) is 13.2 Å². The number of para-hydroxylation sites is 1. The highest BCUT2D eigenvalue weighted by molar-refractivity contribution is 6.30. The number of carbonyl (C=O) groups excluding carboxylic acids is 3. The van der Waals surface area contributed by atoms with Crippen LogP contribution in [-0.2, 0) is 22.2 Å². The summed E-state index contributed by atoms with van der Waals surface area (Å²) in [5.41, 5.74) is -1.18. The number of fused-ring (bicyclic) bond motifs is 4. The Morgan fingerprint density at radius 2 is 1.79 bits per heavy atom. The van der Waals surface area contributed by atoms with Crippen LogP contribution in [-0.4, -0.2) is 55.5 Å². The number of hydrogen-bond acceptors (Lipinski definition) is 5. The van der Waals surface area contributed by atoms with Crippen LogP contribution in [0, 0.1) is 5.41 Å². The fourth-order valence-corrected chi connectivity index (χ4v) is 5.15. The number of piperazine rings is 1. The summed E-state index contributed by atoms with van der Waals surface area (Å²) in [6.45, 7) is 1.67. The Hall–Kier alpha value is -3.40. The van der Waals surface area contributed by atoms with Gasteiger partial charge in [0, 0.05) is 25.3 Å². The topological polar surface area (TPSA) is 73.0 Å². The van der Waals surface area contributed by atoms with Crippen molar-refractivity contribution in [2.75, 3.05) is 36.5 Å². The van der Waals surface area contributed by atoms with Crippen LogP contribution in [0.25, 0.3) is 0 Å². The maximum Gasteiger partial charge on any atom is 0.416 e. The van der Waals surface area contributed by atoms with Gasteiger partial charge < -0.3 is 9.80 Å². The van der Waals surface area contributed by atoms with E-state index in [1.807, 2.05) is 41.1 Å². The fourth-order valence-electron chi connectivity index (χ4n) is 5.15. The molecule has 0 radical (unpaired) electrons. The molecule has 7 nitrogen and oxygen atoms in total. The SMILES string of the molecule is CN1CCN2c3ccccc3C[C@]3(C(=O)NC(=O)N(c4cccc(C(F)(F)F)c4)C3=O)[C@@H]2C1. The lowest BCUT2D eigenvalue weighted by Gasteiger charge is -2.55. The molecule has 4 amide bonds. The van der Waals surface area contributed by atoms with Crippen LogP contribution in [0.1, 0.15) is 11.1 Å². The molecule has 3 aliphatic heterocycles. The van der Waals surface area contributed by atoms with Crippen LogP contribution in [0.4, 0.5) is 29.3 Å². The molecular weight excluding hydrogens is 437 g/mol. The van der Waals surface area contributed by atoms with Crippen molar-refractivity contribution in [1.29, 1.82) is 0 Å². The summed E-state index contributed by atoms with van der Waals surface area (Å²) in [5, 5.41) is 2.26. The van der Waals surface area contributed by atoms with E-state index in [9.17, 15) is 27.6 Å². The van der Waals surface area contributed by atoms with Gasteiger partial charge in [0.2, 0.25) is 5.91 Å². The van der Waals surface area contributed by atoms with E-state index in [0.717, 1.165) is 29.4 Å². The molecule has 0 saturated carbocycles. The van der Waals surface area contributed by atoms with Crippen molar-refractivity contribution in [3.63, 3.8) is 0 Å². The van der Waals surface area contributed by atoms with Crippen LogP contribution in [0.3, 0.4) is 0 Å². The predicted molar refractivity (Wildman–Crippen MR) is 114 cm³/mol. The number of benzene rings is 2. The maximum atomic E-state index is 14.0. The van der Waals surface area contributed by atoms with Gasteiger partial charge in [-0.3, -0.25) is 14.9 Å². The molecule has 2 fully saturated rings. The smallest absolute Gasteiger partial charge is 0.364 e. The molecule has 172 valence electrons. The molecule has 2 atom stereocenters. The van der Waals surface area contributed by atoms with Crippen molar-refractivity contribution < 1.29 is 27.6 Å². The average molecular weight is 458 g/mol. The number of barbiturate groups is 1. The maximum absolute atomic E-state index is 14.0. The van der Waals surface area contributed by atoms with E-state index in [1.165, 1.54) is 6.07 Å². The monoisotopic (exact) mass is 458 g/mol. The molecule has 2 aromatic carbocycles. The van der Waals surface area contributed by atoms with Crippen molar-refractivity contribution in [2.24, 2.45) is 5.41 Å². The highest BCUT2D eigenvalue weighted by Crippen LogP contribution is 2.46. The van der Waals surface area contributed by atoms with Gasteiger partial charge in [-0.05, 0) is 43.3 Å². The zero-order valence-electron chi connectivity index (χ0n) is 17.7. The van der Waals surface area contributed by atoms with Crippen LogP contribution in [0.15, 0.2) is 48.5 Å². The lowest BCUT2D eigenvalue weighted by atomic mass is 9.67. The number of amides is 4. The molecule has 2 saturated heterocycles. The predicted octanol–water partition coefficient (Wildman–Crippen LogP) is 2.65. The van der Waals surface area contributed by atoms with Crippen molar-refractivity contribution in [3.8, 4) is 0 Å². The fraction of sp³-hybridized carbons (Fsp3) is 0.348. The molecule has 1 spiro atoms. The number of imide groups is 2. The van der Waals surface area contributed by atoms with E-state index in [-0.39, 0.29) is 12.1 Å². The summed E-state index contributed by atoms with van der Waals surface area (Å²) in [6, 6.07) is 9.84. The number of halogens is 3. The second-order valence-corrected chi connectivity index (χ2v) is 8.70. The molecular formula is C23H21F3N4O3. The summed E-state index contributed by atoms with van der Waals surface area (Å²) in [4.78, 5) is 44.8. The van der Waals surface area contributed by atoms with Crippen LogP contribution >= 0.6 is 0 Å². The van der Waals surface area contributed by atoms with E-state index >= 15 is 0 Å². The molecule has 2 aromatic rings. The van der Waals surface area contributed by atoms with Gasteiger partial charge in [0.05, 0.1) is 17.3 Å². The van der Waals surface area contributed by atoms with Crippen LogP contribution in [0.5, 0.6) is 0 Å². The van der Waals surface area contributed by atoms with Gasteiger partial charge in [0.15, 0.2) is 5.41 Å². The van der Waals surface area contributed by atoms with Gasteiger partial charge in [-0.15, -0.1) is 0 Å². The van der Waals surface area contributed by atoms with Gasteiger partial charge in [0.1, 0.15) is 0 Å². The average Bonchev–Trinajstić information content (AvgIpc) is 2.77. The molecule has 0 aromatic heterocycles. The molecule has 33 heavy (non-hydrogen) atoms. The highest BCUT2D eigenvalue weighted by Gasteiger charge is 2.63. The van der Waals surface area contributed by atoms with Gasteiger partial charge in [0.25, 0.3) is 5.91 Å². The minimum absolute atomic E-state index is 0.0472. The van der Waals surface area contributed by atoms with E-state index in [2.05, 4.69) is 5.32 Å². The number of anilines is 2. The first-order valence-electron chi connectivity index (χ1n) is 10.5. The third-order valence-electron chi connectivity index (χ3n) is 6.77. The molecule has 0 unspecified atom stereocenters. The molecule has 3 aliphatic rings. The van der Waals surface area contributed by atoms with E-state index < -0.39 is 41.0 Å². The number of nitrogens with one attached hydrogen (secondary N) is 1. The van der Waals surface area contributed by atoms with Crippen LogP contribution in [0.2, 0.25) is 0 Å². The van der Waals surface area contributed by atoms with E-state index in [1.54, 1.807) is 0 Å². The first-order valence-corrected chi connectivity index (χ1v) is 10.5. The Balaban J connectivity index is 1.65. The third kappa shape index (κ3) is 3.19. The number of alkyl halides is 3. The number of carbonyl (C=O) groups is 3. The molecule has 5 rings (SSSR count). The van der Waals surface area contributed by atoms with Crippen molar-refractivity contribution in [3.05, 3.63) is 59.7 Å². The molecule has 0 bridgehead atoms. The Labute approximate surface area is 187 Å². The molecule has 0 aliphatic carbocycles. The summed E-state index contributed by atoms with van der Waals surface area (Å²) in [5.74, 6) is -1.53. The summed E-state index contributed by atoms with van der Waals surface area (Å²) in [6.07, 6.45) is -4.60. The normalized spacial score (nSPS) is 25.7. The summed E-state index contributed by atoms with van der Waals surface area (Å²) in [7, 11) is 1.88. The third-order valence-corrected chi connectivity index (χ3v) is 6.77.